The number of carbonyl (C=O) groups excluding carboxylic acids is 1. The quantitative estimate of drug-likeness (QED) is 0.631. The maximum Gasteiger partial charge on any atom is 0.339 e. The Labute approximate surface area is 96.2 Å². The number of hydrogen-bond donors (Lipinski definition) is 1. The van der Waals surface area contributed by atoms with E-state index in [4.69, 9.17) is 9.15 Å². The molecule has 0 aliphatic heterocycles. The summed E-state index contributed by atoms with van der Waals surface area (Å²) in [5.74, 6) is -0.632. The Hall–Kier alpha value is -2.30. The van der Waals surface area contributed by atoms with Gasteiger partial charge in [0.1, 0.15) is 11.3 Å². The number of fused-ring (bicyclic) bond motifs is 1. The summed E-state index contributed by atoms with van der Waals surface area (Å²) in [7, 11) is 0. The lowest BCUT2D eigenvalue weighted by molar-refractivity contribution is 0.0528. The predicted octanol–water partition coefficient (Wildman–Crippen LogP) is 1.68. The van der Waals surface area contributed by atoms with Crippen LogP contribution < -0.4 is 5.63 Å². The molecule has 0 atom stereocenters. The number of hydrogen-bond acceptors (Lipinski definition) is 5. The molecule has 17 heavy (non-hydrogen) atoms. The Balaban J connectivity index is 2.71. The molecule has 0 saturated carbocycles. The summed E-state index contributed by atoms with van der Waals surface area (Å²) < 4.78 is 9.74. The molecule has 88 valence electrons. The second-order valence-corrected chi connectivity index (χ2v) is 3.38. The molecule has 5 heteroatoms. The van der Waals surface area contributed by atoms with Crippen molar-refractivity contribution in [2.75, 3.05) is 6.61 Å². The van der Waals surface area contributed by atoms with Crippen molar-refractivity contribution in [2.24, 2.45) is 0 Å². The van der Waals surface area contributed by atoms with Crippen molar-refractivity contribution in [1.82, 2.24) is 0 Å². The summed E-state index contributed by atoms with van der Waals surface area (Å²) in [6.07, 6.45) is 0. The lowest BCUT2D eigenvalue weighted by Crippen LogP contribution is -2.09. The lowest BCUT2D eigenvalue weighted by Gasteiger charge is -2.04. The molecule has 0 spiro atoms. The van der Waals surface area contributed by atoms with Crippen molar-refractivity contribution in [3.05, 3.63) is 40.2 Å². The third kappa shape index (κ3) is 2.13. The number of esters is 1. The zero-order valence-corrected chi connectivity index (χ0v) is 9.10. The van der Waals surface area contributed by atoms with Crippen LogP contribution in [-0.2, 0) is 4.74 Å². The highest BCUT2D eigenvalue weighted by molar-refractivity contribution is 6.02. The van der Waals surface area contributed by atoms with Crippen LogP contribution in [0.15, 0.2) is 33.5 Å². The first-order valence-electron chi connectivity index (χ1n) is 5.06. The van der Waals surface area contributed by atoms with E-state index in [0.29, 0.717) is 5.39 Å². The molecule has 2 aromatic rings. The SMILES string of the molecule is CCOC(=O)c1cc(=O)oc2ccc(O)cc12. The molecule has 2 rings (SSSR count). The summed E-state index contributed by atoms with van der Waals surface area (Å²) in [6, 6.07) is 5.21. The van der Waals surface area contributed by atoms with Crippen LogP contribution in [0.1, 0.15) is 17.3 Å². The van der Waals surface area contributed by atoms with Crippen molar-refractivity contribution >= 4 is 16.9 Å². The fourth-order valence-electron chi connectivity index (χ4n) is 1.53. The molecule has 0 saturated heterocycles. The molecular formula is C12H10O5. The van der Waals surface area contributed by atoms with Gasteiger partial charge in [-0.2, -0.15) is 0 Å². The summed E-state index contributed by atoms with van der Waals surface area (Å²) >= 11 is 0. The minimum atomic E-state index is -0.633. The van der Waals surface area contributed by atoms with Crippen molar-refractivity contribution in [1.29, 1.82) is 0 Å². The zero-order valence-electron chi connectivity index (χ0n) is 9.10. The fraction of sp³-hybridized carbons (Fsp3) is 0.167. The molecule has 0 aliphatic carbocycles. The number of phenolic OH excluding ortho intramolecular Hbond substituents is 1. The Kier molecular flexibility index (Phi) is 2.82. The molecule has 0 radical (unpaired) electrons. The topological polar surface area (TPSA) is 76.7 Å². The van der Waals surface area contributed by atoms with Gasteiger partial charge in [-0.05, 0) is 25.1 Å². The van der Waals surface area contributed by atoms with Gasteiger partial charge in [0.2, 0.25) is 0 Å². The molecule has 5 nitrogen and oxygen atoms in total. The first-order chi connectivity index (χ1) is 8.11. The molecule has 0 fully saturated rings. The number of ether oxygens (including phenoxy) is 1. The van der Waals surface area contributed by atoms with E-state index in [1.165, 1.54) is 18.2 Å². The molecule has 0 unspecified atom stereocenters. The molecule has 1 heterocycles. The maximum atomic E-state index is 11.6. The molecule has 1 aromatic heterocycles. The standard InChI is InChI=1S/C12H10O5/c1-2-16-12(15)9-6-11(14)17-10-4-3-7(13)5-8(9)10/h3-6,13H,2H2,1H3. The normalized spacial score (nSPS) is 10.4. The van der Waals surface area contributed by atoms with E-state index in [1.807, 2.05) is 0 Å². The van der Waals surface area contributed by atoms with Crippen molar-refractivity contribution in [2.45, 2.75) is 6.92 Å². The molecule has 0 bridgehead atoms. The average molecular weight is 234 g/mol. The van der Waals surface area contributed by atoms with Gasteiger partial charge in [0.25, 0.3) is 0 Å². The largest absolute Gasteiger partial charge is 0.508 e. The van der Waals surface area contributed by atoms with Crippen molar-refractivity contribution in [3.8, 4) is 5.75 Å². The van der Waals surface area contributed by atoms with E-state index < -0.39 is 11.6 Å². The number of rotatable bonds is 2. The van der Waals surface area contributed by atoms with Gasteiger partial charge in [0.05, 0.1) is 12.2 Å². The summed E-state index contributed by atoms with van der Waals surface area (Å²) in [5, 5.41) is 9.71. The highest BCUT2D eigenvalue weighted by atomic mass is 16.5. The second kappa shape index (κ2) is 4.29. The third-order valence-electron chi connectivity index (χ3n) is 2.22. The van der Waals surface area contributed by atoms with E-state index in [2.05, 4.69) is 0 Å². The third-order valence-corrected chi connectivity index (χ3v) is 2.22. The van der Waals surface area contributed by atoms with Gasteiger partial charge in [-0.25, -0.2) is 9.59 Å². The van der Waals surface area contributed by atoms with Gasteiger partial charge < -0.3 is 14.3 Å². The summed E-state index contributed by atoms with van der Waals surface area (Å²) in [4.78, 5) is 22.9. The first kappa shape index (κ1) is 11.2. The van der Waals surface area contributed by atoms with Crippen LogP contribution in [0.5, 0.6) is 5.75 Å². The molecule has 0 aliphatic rings. The van der Waals surface area contributed by atoms with Crippen LogP contribution in [0.3, 0.4) is 0 Å². The lowest BCUT2D eigenvalue weighted by atomic mass is 10.1. The molecular weight excluding hydrogens is 224 g/mol. The minimum Gasteiger partial charge on any atom is -0.508 e. The van der Waals surface area contributed by atoms with E-state index >= 15 is 0 Å². The monoisotopic (exact) mass is 234 g/mol. The predicted molar refractivity (Wildman–Crippen MR) is 60.1 cm³/mol. The molecule has 0 amide bonds. The highest BCUT2D eigenvalue weighted by Gasteiger charge is 2.14. The average Bonchev–Trinajstić information content (AvgIpc) is 2.29. The van der Waals surface area contributed by atoms with Crippen LogP contribution in [0, 0.1) is 0 Å². The minimum absolute atomic E-state index is 0.0168. The van der Waals surface area contributed by atoms with Crippen LogP contribution in [0.4, 0.5) is 0 Å². The highest BCUT2D eigenvalue weighted by Crippen LogP contribution is 2.22. The van der Waals surface area contributed by atoms with E-state index in [1.54, 1.807) is 6.92 Å². The van der Waals surface area contributed by atoms with Gasteiger partial charge >= 0.3 is 11.6 Å². The fourth-order valence-corrected chi connectivity index (χ4v) is 1.53. The van der Waals surface area contributed by atoms with Crippen molar-refractivity contribution < 1.29 is 19.1 Å². The Morgan fingerprint density at radius 1 is 1.41 bits per heavy atom. The Morgan fingerprint density at radius 2 is 2.18 bits per heavy atom. The van der Waals surface area contributed by atoms with Crippen LogP contribution >= 0.6 is 0 Å². The number of carbonyl (C=O) groups is 1. The van der Waals surface area contributed by atoms with Crippen LogP contribution in [-0.4, -0.2) is 17.7 Å². The Morgan fingerprint density at radius 3 is 2.88 bits per heavy atom. The van der Waals surface area contributed by atoms with Gasteiger partial charge in [0.15, 0.2) is 0 Å². The molecule has 1 N–H and O–H groups in total. The van der Waals surface area contributed by atoms with Crippen LogP contribution in [0.25, 0.3) is 11.0 Å². The second-order valence-electron chi connectivity index (χ2n) is 3.38. The van der Waals surface area contributed by atoms with Gasteiger partial charge in [-0.1, -0.05) is 0 Å². The van der Waals surface area contributed by atoms with E-state index in [9.17, 15) is 14.7 Å². The van der Waals surface area contributed by atoms with E-state index in [0.717, 1.165) is 6.07 Å². The van der Waals surface area contributed by atoms with Gasteiger partial charge in [-0.3, -0.25) is 0 Å². The summed E-state index contributed by atoms with van der Waals surface area (Å²) in [5.41, 5.74) is -0.307. The van der Waals surface area contributed by atoms with Crippen LogP contribution in [0.2, 0.25) is 0 Å². The van der Waals surface area contributed by atoms with Crippen molar-refractivity contribution in [3.63, 3.8) is 0 Å². The first-order valence-corrected chi connectivity index (χ1v) is 5.06. The number of phenols is 1. The van der Waals surface area contributed by atoms with Gasteiger partial charge in [-0.15, -0.1) is 0 Å². The number of aromatic hydroxyl groups is 1. The smallest absolute Gasteiger partial charge is 0.339 e. The summed E-state index contributed by atoms with van der Waals surface area (Å²) in [6.45, 7) is 1.88. The number of benzene rings is 1. The maximum absolute atomic E-state index is 11.6. The van der Waals surface area contributed by atoms with Gasteiger partial charge in [0, 0.05) is 11.5 Å². The Bertz CT molecular complexity index is 626. The molecule has 1 aromatic carbocycles. The van der Waals surface area contributed by atoms with E-state index in [-0.39, 0.29) is 23.5 Å². The zero-order chi connectivity index (χ0) is 12.4.